The second kappa shape index (κ2) is 11.6. The van der Waals surface area contributed by atoms with Gasteiger partial charge >= 0.3 is 0 Å². The smallest absolute Gasteiger partial charge is 0.138 e. The van der Waals surface area contributed by atoms with Crippen molar-refractivity contribution in [3.8, 4) is 39.4 Å². The maximum absolute atomic E-state index is 11.7. The fourth-order valence-electron chi connectivity index (χ4n) is 8.75. The average molecular weight is 692 g/mol. The zero-order valence-corrected chi connectivity index (χ0v) is 31.5. The van der Waals surface area contributed by atoms with E-state index in [0.29, 0.717) is 0 Å². The van der Waals surface area contributed by atoms with Crippen LogP contribution in [0.3, 0.4) is 0 Å². The summed E-state index contributed by atoms with van der Waals surface area (Å²) in [5.41, 5.74) is 15.6. The topological polar surface area (TPSA) is 49.2 Å². The van der Waals surface area contributed by atoms with Crippen LogP contribution in [0, 0.1) is 20.8 Å². The van der Waals surface area contributed by atoms with Crippen LogP contribution in [0.5, 0.6) is 5.75 Å². The molecule has 0 amide bonds. The average Bonchev–Trinajstić information content (AvgIpc) is 3.60. The number of aryl methyl sites for hydroxylation is 3. The van der Waals surface area contributed by atoms with Gasteiger partial charge in [0.05, 0.1) is 30.6 Å². The highest BCUT2D eigenvalue weighted by atomic mass is 28.3. The largest absolute Gasteiger partial charge is 0.507 e. The molecule has 0 saturated heterocycles. The Labute approximate surface area is 307 Å². The molecule has 0 radical (unpaired) electrons. The van der Waals surface area contributed by atoms with Gasteiger partial charge in [-0.2, -0.15) is 0 Å². The third kappa shape index (κ3) is 4.65. The molecule has 4 nitrogen and oxygen atoms in total. The van der Waals surface area contributed by atoms with Gasteiger partial charge in [-0.25, -0.2) is 4.98 Å². The highest BCUT2D eigenvalue weighted by molar-refractivity contribution is 6.88. The van der Waals surface area contributed by atoms with Gasteiger partial charge in [-0.3, -0.25) is 9.88 Å². The van der Waals surface area contributed by atoms with Crippen molar-refractivity contribution in [2.45, 2.75) is 45.8 Å². The number of benzene rings is 5. The van der Waals surface area contributed by atoms with Gasteiger partial charge in [0.2, 0.25) is 0 Å². The molecular weight excluding hydrogens is 651 g/mol. The van der Waals surface area contributed by atoms with Crippen molar-refractivity contribution < 1.29 is 5.11 Å². The molecule has 9 rings (SSSR count). The monoisotopic (exact) mass is 691 g/mol. The second-order valence-corrected chi connectivity index (χ2v) is 20.4. The van der Waals surface area contributed by atoms with Crippen molar-refractivity contribution in [3.05, 3.63) is 173 Å². The van der Waals surface area contributed by atoms with Crippen LogP contribution in [-0.2, 0) is 5.41 Å². The predicted molar refractivity (Wildman–Crippen MR) is 217 cm³/mol. The van der Waals surface area contributed by atoms with E-state index in [4.69, 9.17) is 9.97 Å². The number of hydrogen-bond donors (Lipinski definition) is 1. The van der Waals surface area contributed by atoms with Gasteiger partial charge in [0.1, 0.15) is 11.6 Å². The van der Waals surface area contributed by atoms with Gasteiger partial charge in [-0.15, -0.1) is 0 Å². The summed E-state index contributed by atoms with van der Waals surface area (Å²) in [5.74, 6) is 1.04. The summed E-state index contributed by atoms with van der Waals surface area (Å²) in [6.07, 6.45) is 0. The van der Waals surface area contributed by atoms with Crippen molar-refractivity contribution in [1.29, 1.82) is 0 Å². The van der Waals surface area contributed by atoms with E-state index in [2.05, 4.69) is 154 Å². The number of nitrogens with zero attached hydrogens (tertiary/aromatic N) is 3. The Hall–Kier alpha value is -5.78. The Morgan fingerprint density at radius 2 is 1.23 bits per heavy atom. The van der Waals surface area contributed by atoms with Crippen LogP contribution < -0.4 is 10.1 Å². The molecular formula is C47H41N3OSi. The van der Waals surface area contributed by atoms with Gasteiger partial charge in [-0.1, -0.05) is 122 Å². The summed E-state index contributed by atoms with van der Waals surface area (Å²) in [5, 5.41) is 13.1. The summed E-state index contributed by atoms with van der Waals surface area (Å²) in [4.78, 5) is 12.8. The Balaban J connectivity index is 1.32. The number of rotatable bonds is 5. The van der Waals surface area contributed by atoms with E-state index in [1.807, 2.05) is 19.1 Å². The van der Waals surface area contributed by atoms with E-state index in [-0.39, 0.29) is 5.75 Å². The van der Waals surface area contributed by atoms with Gasteiger partial charge < -0.3 is 5.11 Å². The molecule has 0 bridgehead atoms. The predicted octanol–water partition coefficient (Wildman–Crippen LogP) is 11.1. The molecule has 52 heavy (non-hydrogen) atoms. The lowest BCUT2D eigenvalue weighted by Gasteiger charge is -2.31. The zero-order valence-electron chi connectivity index (χ0n) is 30.5. The Bertz CT molecular complexity index is 2510. The Morgan fingerprint density at radius 1 is 0.596 bits per heavy atom. The Morgan fingerprint density at radius 3 is 1.90 bits per heavy atom. The standard InChI is InChI=1S/C47H41N3OSi/c1-29-26-34(52(4,5)6)27-30(2)46(29)50(33-16-12-15-32(28-33)41-22-11-14-31(3)48-41)43-25-24-40-45(49-43)44-39(21-13-23-42(44)51)47(40)37-19-9-7-17-35(37)36-18-8-10-20-38(36)47/h7-28,51H,1-6H3. The zero-order chi connectivity index (χ0) is 35.9. The normalized spacial score (nSPS) is 13.4. The number of aromatic nitrogens is 2. The van der Waals surface area contributed by atoms with Crippen molar-refractivity contribution in [3.63, 3.8) is 0 Å². The first-order chi connectivity index (χ1) is 25.1. The van der Waals surface area contributed by atoms with E-state index < -0.39 is 13.5 Å². The van der Waals surface area contributed by atoms with Crippen LogP contribution in [0.15, 0.2) is 133 Å². The van der Waals surface area contributed by atoms with Gasteiger partial charge in [0.25, 0.3) is 0 Å². The molecule has 0 saturated carbocycles. The molecule has 1 spiro atoms. The fourth-order valence-corrected chi connectivity index (χ4v) is 10.1. The number of aromatic hydroxyl groups is 1. The molecule has 2 aromatic heterocycles. The first-order valence-corrected chi connectivity index (χ1v) is 21.6. The summed E-state index contributed by atoms with van der Waals surface area (Å²) >= 11 is 0. The maximum Gasteiger partial charge on any atom is 0.138 e. The summed E-state index contributed by atoms with van der Waals surface area (Å²) in [6.45, 7) is 13.7. The second-order valence-electron chi connectivity index (χ2n) is 15.4. The number of hydrogen-bond acceptors (Lipinski definition) is 4. The minimum absolute atomic E-state index is 0.244. The number of anilines is 3. The lowest BCUT2D eigenvalue weighted by atomic mass is 9.71. The summed E-state index contributed by atoms with van der Waals surface area (Å²) < 4.78 is 0. The Kier molecular flexibility index (Phi) is 7.18. The van der Waals surface area contributed by atoms with E-state index >= 15 is 0 Å². The molecule has 2 aliphatic carbocycles. The van der Waals surface area contributed by atoms with Crippen LogP contribution in [0.4, 0.5) is 17.2 Å². The van der Waals surface area contributed by atoms with Crippen molar-refractivity contribution in [2.75, 3.05) is 4.90 Å². The molecule has 2 aliphatic rings. The van der Waals surface area contributed by atoms with Crippen LogP contribution in [0.1, 0.15) is 39.1 Å². The number of fused-ring (bicyclic) bond motifs is 10. The van der Waals surface area contributed by atoms with E-state index in [9.17, 15) is 5.11 Å². The molecule has 0 atom stereocenters. The highest BCUT2D eigenvalue weighted by Gasteiger charge is 2.53. The fraction of sp³-hybridized carbons (Fsp3) is 0.149. The van der Waals surface area contributed by atoms with Crippen LogP contribution >= 0.6 is 0 Å². The van der Waals surface area contributed by atoms with Gasteiger partial charge in [0, 0.05) is 22.5 Å². The molecule has 0 unspecified atom stereocenters. The molecule has 7 aromatic rings. The summed E-state index contributed by atoms with van der Waals surface area (Å²) in [6, 6.07) is 47.3. The minimum Gasteiger partial charge on any atom is -0.507 e. The molecule has 1 N–H and O–H groups in total. The molecule has 5 aromatic carbocycles. The number of phenols is 1. The SMILES string of the molecule is Cc1cccc(-c2cccc(N(c3ccc4c(n3)-c3c(O)cccc3C43c4ccccc4-c4ccccc43)c3c(C)cc([Si](C)(C)C)cc3C)c2)n1. The number of phenolic OH excluding ortho intramolecular Hbond substituents is 1. The third-order valence-corrected chi connectivity index (χ3v) is 13.0. The van der Waals surface area contributed by atoms with Crippen molar-refractivity contribution in [2.24, 2.45) is 0 Å². The number of pyridine rings is 2. The van der Waals surface area contributed by atoms with Crippen LogP contribution in [0.25, 0.3) is 33.6 Å². The van der Waals surface area contributed by atoms with Crippen molar-refractivity contribution in [1.82, 2.24) is 9.97 Å². The maximum atomic E-state index is 11.7. The lowest BCUT2D eigenvalue weighted by Crippen LogP contribution is -2.38. The van der Waals surface area contributed by atoms with E-state index in [1.165, 1.54) is 38.6 Å². The van der Waals surface area contributed by atoms with Gasteiger partial charge in [0.15, 0.2) is 0 Å². The molecule has 5 heteroatoms. The minimum atomic E-state index is -1.58. The molecule has 0 fully saturated rings. The first kappa shape index (κ1) is 32.1. The first-order valence-electron chi connectivity index (χ1n) is 18.1. The van der Waals surface area contributed by atoms with Crippen molar-refractivity contribution >= 4 is 30.5 Å². The van der Waals surface area contributed by atoms with E-state index in [0.717, 1.165) is 56.5 Å². The quantitative estimate of drug-likeness (QED) is 0.183. The third-order valence-electron chi connectivity index (χ3n) is 11.0. The van der Waals surface area contributed by atoms with Gasteiger partial charge in [-0.05, 0) is 102 Å². The molecule has 0 aliphatic heterocycles. The highest BCUT2D eigenvalue weighted by Crippen LogP contribution is 2.64. The van der Waals surface area contributed by atoms with E-state index in [1.54, 1.807) is 6.07 Å². The summed E-state index contributed by atoms with van der Waals surface area (Å²) in [7, 11) is -1.58. The molecule has 2 heterocycles. The van der Waals surface area contributed by atoms with Crippen LogP contribution in [0.2, 0.25) is 19.6 Å². The van der Waals surface area contributed by atoms with Crippen LogP contribution in [-0.4, -0.2) is 23.1 Å². The lowest BCUT2D eigenvalue weighted by molar-refractivity contribution is 0.476. The molecule has 254 valence electrons.